The number of thiophene rings is 1. The molecule has 0 atom stereocenters. The molecule has 0 unspecified atom stereocenters. The number of nitrogens with zero attached hydrogens (tertiary/aromatic N) is 3. The average molecular weight is 349 g/mol. The van der Waals surface area contributed by atoms with Crippen molar-refractivity contribution in [2.45, 2.75) is 32.7 Å². The van der Waals surface area contributed by atoms with Crippen LogP contribution in [0.1, 0.15) is 27.6 Å². The highest BCUT2D eigenvalue weighted by molar-refractivity contribution is 7.11. The maximum Gasteiger partial charge on any atom is 0.242 e. The lowest BCUT2D eigenvalue weighted by atomic mass is 10.2. The molecule has 3 rings (SSSR count). The molecule has 5 nitrogen and oxygen atoms in total. The molecular weight excluding hydrogens is 330 g/mol. The summed E-state index contributed by atoms with van der Waals surface area (Å²) >= 11 is 3.25. The van der Waals surface area contributed by atoms with Gasteiger partial charge in [0, 0.05) is 29.4 Å². The number of carbonyl (C=O) groups excluding carboxylic acids is 2. The van der Waals surface area contributed by atoms with E-state index in [-0.39, 0.29) is 18.4 Å². The monoisotopic (exact) mass is 349 g/mol. The number of likely N-dealkylation sites (N-methyl/N-ethyl adjacent to an activating group) is 1. The van der Waals surface area contributed by atoms with Gasteiger partial charge in [0.15, 0.2) is 0 Å². The van der Waals surface area contributed by atoms with Gasteiger partial charge in [-0.15, -0.1) is 22.7 Å². The highest BCUT2D eigenvalue weighted by atomic mass is 32.1. The minimum atomic E-state index is -0.0524. The third-order valence-corrected chi connectivity index (χ3v) is 5.76. The second kappa shape index (κ2) is 6.80. The second-order valence-corrected chi connectivity index (χ2v) is 7.98. The minimum Gasteiger partial charge on any atom is -0.339 e. The Kier molecular flexibility index (Phi) is 4.77. The van der Waals surface area contributed by atoms with Crippen LogP contribution in [0.5, 0.6) is 0 Å². The first-order chi connectivity index (χ1) is 11.0. The van der Waals surface area contributed by atoms with E-state index < -0.39 is 0 Å². The molecule has 3 heterocycles. The van der Waals surface area contributed by atoms with Crippen LogP contribution in [-0.2, 0) is 22.6 Å². The van der Waals surface area contributed by atoms with Gasteiger partial charge in [-0.25, -0.2) is 4.98 Å². The number of aromatic nitrogens is 1. The number of aryl methyl sites for hydroxylation is 2. The van der Waals surface area contributed by atoms with E-state index in [0.717, 1.165) is 28.4 Å². The van der Waals surface area contributed by atoms with Crippen LogP contribution in [0.2, 0.25) is 0 Å². The van der Waals surface area contributed by atoms with E-state index in [2.05, 4.69) is 4.98 Å². The molecular formula is C16H19N3O2S2. The number of thiazole rings is 1. The Morgan fingerprint density at radius 1 is 1.43 bits per heavy atom. The molecule has 2 aromatic heterocycles. The van der Waals surface area contributed by atoms with Crippen LogP contribution in [0.3, 0.4) is 0 Å². The fourth-order valence-electron chi connectivity index (χ4n) is 2.66. The molecule has 1 aliphatic rings. The first-order valence-corrected chi connectivity index (χ1v) is 9.26. The third kappa shape index (κ3) is 3.61. The molecule has 122 valence electrons. The Bertz CT molecular complexity index is 722. The predicted molar refractivity (Wildman–Crippen MR) is 92.9 cm³/mol. The van der Waals surface area contributed by atoms with Crippen LogP contribution < -0.4 is 4.90 Å². The highest BCUT2D eigenvalue weighted by Crippen LogP contribution is 2.31. The Labute approximate surface area is 143 Å². The molecule has 0 N–H and O–H groups in total. The number of rotatable bonds is 4. The number of fused-ring (bicyclic) bond motifs is 1. The van der Waals surface area contributed by atoms with Gasteiger partial charge < -0.3 is 9.80 Å². The van der Waals surface area contributed by atoms with Crippen LogP contribution in [0.15, 0.2) is 17.6 Å². The largest absolute Gasteiger partial charge is 0.339 e. The predicted octanol–water partition coefficient (Wildman–Crippen LogP) is 2.84. The lowest BCUT2D eigenvalue weighted by Crippen LogP contribution is -2.41. The van der Waals surface area contributed by atoms with Gasteiger partial charge in [-0.05, 0) is 31.2 Å². The zero-order valence-electron chi connectivity index (χ0n) is 13.2. The molecule has 0 saturated carbocycles. The van der Waals surface area contributed by atoms with Gasteiger partial charge >= 0.3 is 0 Å². The average Bonchev–Trinajstić information content (AvgIpc) is 3.10. The molecule has 0 fully saturated rings. The Morgan fingerprint density at radius 3 is 3.00 bits per heavy atom. The standard InChI is InChI=1S/C16H19N3O2S2/c1-11-17-8-12(23-11)9-18(2)16(21)10-19-13-6-7-22-14(13)4-3-5-15(19)20/h6-8H,3-5,9-10H2,1-2H3. The minimum absolute atomic E-state index is 0.0394. The van der Waals surface area contributed by atoms with Crippen LogP contribution >= 0.6 is 22.7 Å². The van der Waals surface area contributed by atoms with Gasteiger partial charge in [-0.2, -0.15) is 0 Å². The van der Waals surface area contributed by atoms with Crippen molar-refractivity contribution in [3.8, 4) is 0 Å². The topological polar surface area (TPSA) is 53.5 Å². The fourth-order valence-corrected chi connectivity index (χ4v) is 4.43. The molecule has 0 radical (unpaired) electrons. The Hall–Kier alpha value is -1.73. The van der Waals surface area contributed by atoms with E-state index in [1.807, 2.05) is 18.4 Å². The lowest BCUT2D eigenvalue weighted by Gasteiger charge is -2.24. The number of hydrogen-bond donors (Lipinski definition) is 0. The molecule has 0 saturated heterocycles. The molecule has 2 aromatic rings. The van der Waals surface area contributed by atoms with E-state index in [9.17, 15) is 9.59 Å². The van der Waals surface area contributed by atoms with E-state index in [0.29, 0.717) is 13.0 Å². The van der Waals surface area contributed by atoms with Crippen molar-refractivity contribution in [1.29, 1.82) is 0 Å². The summed E-state index contributed by atoms with van der Waals surface area (Å²) in [4.78, 5) is 34.7. The van der Waals surface area contributed by atoms with E-state index >= 15 is 0 Å². The van der Waals surface area contributed by atoms with Crippen molar-refractivity contribution in [3.05, 3.63) is 32.4 Å². The maximum absolute atomic E-state index is 12.5. The van der Waals surface area contributed by atoms with Crippen LogP contribution in [0.25, 0.3) is 0 Å². The normalized spacial score (nSPS) is 14.5. The van der Waals surface area contributed by atoms with Crippen LogP contribution in [0, 0.1) is 6.92 Å². The summed E-state index contributed by atoms with van der Waals surface area (Å²) in [6.07, 6.45) is 4.08. The van der Waals surface area contributed by atoms with E-state index in [1.165, 1.54) is 4.88 Å². The van der Waals surface area contributed by atoms with Crippen LogP contribution in [0.4, 0.5) is 5.69 Å². The molecule has 1 aliphatic heterocycles. The molecule has 2 amide bonds. The summed E-state index contributed by atoms with van der Waals surface area (Å²) in [5, 5.41) is 2.98. The van der Waals surface area contributed by atoms with Crippen LogP contribution in [-0.4, -0.2) is 35.3 Å². The lowest BCUT2D eigenvalue weighted by molar-refractivity contribution is -0.130. The molecule has 0 aliphatic carbocycles. The second-order valence-electron chi connectivity index (χ2n) is 5.66. The summed E-state index contributed by atoms with van der Waals surface area (Å²) in [5.41, 5.74) is 0.910. The molecule has 0 bridgehead atoms. The van der Waals surface area contributed by atoms with Crippen molar-refractivity contribution >= 4 is 40.2 Å². The highest BCUT2D eigenvalue weighted by Gasteiger charge is 2.26. The van der Waals surface area contributed by atoms with Gasteiger partial charge in [0.1, 0.15) is 6.54 Å². The third-order valence-electron chi connectivity index (χ3n) is 3.89. The van der Waals surface area contributed by atoms with Crippen molar-refractivity contribution in [3.63, 3.8) is 0 Å². The quantitative estimate of drug-likeness (QED) is 0.853. The fraction of sp³-hybridized carbons (Fsp3) is 0.438. The summed E-state index contributed by atoms with van der Waals surface area (Å²) in [7, 11) is 1.77. The van der Waals surface area contributed by atoms with E-state index in [1.54, 1.807) is 45.7 Å². The Balaban J connectivity index is 1.70. The van der Waals surface area contributed by atoms with Gasteiger partial charge in [0.25, 0.3) is 0 Å². The van der Waals surface area contributed by atoms with E-state index in [4.69, 9.17) is 0 Å². The van der Waals surface area contributed by atoms with Crippen molar-refractivity contribution in [2.24, 2.45) is 0 Å². The Morgan fingerprint density at radius 2 is 2.26 bits per heavy atom. The molecule has 0 aromatic carbocycles. The SMILES string of the molecule is Cc1ncc(CN(C)C(=O)CN2C(=O)CCCc3sccc32)s1. The van der Waals surface area contributed by atoms with Gasteiger partial charge in [0.2, 0.25) is 11.8 Å². The number of amides is 2. The summed E-state index contributed by atoms with van der Waals surface area (Å²) in [6, 6.07) is 1.95. The molecule has 7 heteroatoms. The first-order valence-electron chi connectivity index (χ1n) is 7.56. The zero-order chi connectivity index (χ0) is 16.4. The van der Waals surface area contributed by atoms with Crippen molar-refractivity contribution < 1.29 is 9.59 Å². The summed E-state index contributed by atoms with van der Waals surface area (Å²) in [6.45, 7) is 2.59. The van der Waals surface area contributed by atoms with Crippen molar-refractivity contribution in [1.82, 2.24) is 9.88 Å². The van der Waals surface area contributed by atoms with Crippen molar-refractivity contribution in [2.75, 3.05) is 18.5 Å². The smallest absolute Gasteiger partial charge is 0.242 e. The summed E-state index contributed by atoms with van der Waals surface area (Å²) < 4.78 is 0. The number of anilines is 1. The van der Waals surface area contributed by atoms with Gasteiger partial charge in [-0.3, -0.25) is 9.59 Å². The number of hydrogen-bond acceptors (Lipinski definition) is 5. The molecule has 0 spiro atoms. The maximum atomic E-state index is 12.5. The summed E-state index contributed by atoms with van der Waals surface area (Å²) in [5.74, 6) is -0.0130. The van der Waals surface area contributed by atoms with Gasteiger partial charge in [0.05, 0.1) is 17.2 Å². The zero-order valence-corrected chi connectivity index (χ0v) is 14.9. The number of carbonyl (C=O) groups is 2. The van der Waals surface area contributed by atoms with Gasteiger partial charge in [-0.1, -0.05) is 0 Å². The molecule has 23 heavy (non-hydrogen) atoms. The first kappa shape index (κ1) is 16.1.